The van der Waals surface area contributed by atoms with Crippen molar-refractivity contribution in [1.82, 2.24) is 10.0 Å². The van der Waals surface area contributed by atoms with Gasteiger partial charge in [-0.15, -0.1) is 0 Å². The predicted molar refractivity (Wildman–Crippen MR) is 87.8 cm³/mol. The Hall–Kier alpha value is -0.130. The lowest BCUT2D eigenvalue weighted by molar-refractivity contribution is 0.236. The van der Waals surface area contributed by atoms with Gasteiger partial charge in [0.05, 0.1) is 5.75 Å². The van der Waals surface area contributed by atoms with Crippen LogP contribution in [-0.4, -0.2) is 33.3 Å². The Labute approximate surface area is 130 Å². The minimum absolute atomic E-state index is 0.140. The summed E-state index contributed by atoms with van der Waals surface area (Å²) in [5, 5.41) is 3.33. The normalized spacial score (nSPS) is 26.3. The van der Waals surface area contributed by atoms with Gasteiger partial charge in [-0.25, -0.2) is 13.1 Å². The van der Waals surface area contributed by atoms with Gasteiger partial charge >= 0.3 is 0 Å². The molecule has 2 aliphatic rings. The van der Waals surface area contributed by atoms with E-state index in [1.54, 1.807) is 0 Å². The molecule has 1 heterocycles. The molecule has 1 aliphatic carbocycles. The van der Waals surface area contributed by atoms with Crippen LogP contribution in [0.2, 0.25) is 0 Å². The minimum atomic E-state index is -3.16. The SMILES string of the molecule is CC(C)CC1(CNS(=O)(=O)CC2CCCCN2)CCCC1. The summed E-state index contributed by atoms with van der Waals surface area (Å²) in [5.74, 6) is 0.873. The van der Waals surface area contributed by atoms with Gasteiger partial charge in [0.1, 0.15) is 0 Å². The van der Waals surface area contributed by atoms with Crippen molar-refractivity contribution in [2.24, 2.45) is 11.3 Å². The van der Waals surface area contributed by atoms with Gasteiger partial charge in [-0.2, -0.15) is 0 Å². The first-order chi connectivity index (χ1) is 9.91. The van der Waals surface area contributed by atoms with E-state index >= 15 is 0 Å². The summed E-state index contributed by atoms with van der Waals surface area (Å²) in [6, 6.07) is 0.140. The second-order valence-corrected chi connectivity index (χ2v) is 9.41. The fourth-order valence-corrected chi connectivity index (χ4v) is 5.56. The van der Waals surface area contributed by atoms with Gasteiger partial charge in [0.15, 0.2) is 0 Å². The zero-order chi connectivity index (χ0) is 15.3. The molecule has 1 unspecified atom stereocenters. The van der Waals surface area contributed by atoms with E-state index in [4.69, 9.17) is 0 Å². The summed E-state index contributed by atoms with van der Waals surface area (Å²) in [5.41, 5.74) is 0.210. The lowest BCUT2D eigenvalue weighted by Crippen LogP contribution is -2.45. The summed E-state index contributed by atoms with van der Waals surface area (Å²) >= 11 is 0. The molecule has 2 rings (SSSR count). The van der Waals surface area contributed by atoms with Crippen LogP contribution in [0.15, 0.2) is 0 Å². The highest BCUT2D eigenvalue weighted by Crippen LogP contribution is 2.42. The van der Waals surface area contributed by atoms with E-state index < -0.39 is 10.0 Å². The molecular formula is C16H32N2O2S. The molecule has 0 spiro atoms. The first-order valence-electron chi connectivity index (χ1n) is 8.62. The highest BCUT2D eigenvalue weighted by molar-refractivity contribution is 7.89. The van der Waals surface area contributed by atoms with Crippen molar-refractivity contribution in [3.63, 3.8) is 0 Å². The van der Waals surface area contributed by atoms with Crippen LogP contribution in [0, 0.1) is 11.3 Å². The van der Waals surface area contributed by atoms with E-state index in [1.807, 2.05) is 0 Å². The molecule has 4 nitrogen and oxygen atoms in total. The van der Waals surface area contributed by atoms with Gasteiger partial charge in [-0.3, -0.25) is 0 Å². The van der Waals surface area contributed by atoms with E-state index in [-0.39, 0.29) is 17.2 Å². The summed E-state index contributed by atoms with van der Waals surface area (Å²) in [6.45, 7) is 6.07. The van der Waals surface area contributed by atoms with Gasteiger partial charge in [-0.1, -0.05) is 33.1 Å². The molecule has 0 aromatic heterocycles. The van der Waals surface area contributed by atoms with Gasteiger partial charge < -0.3 is 5.32 Å². The molecule has 5 heteroatoms. The maximum Gasteiger partial charge on any atom is 0.213 e. The van der Waals surface area contributed by atoms with Crippen molar-refractivity contribution in [3.8, 4) is 0 Å². The molecule has 1 saturated carbocycles. The second-order valence-electron chi connectivity index (χ2n) is 7.55. The summed E-state index contributed by atoms with van der Waals surface area (Å²) < 4.78 is 27.6. The third kappa shape index (κ3) is 5.53. The predicted octanol–water partition coefficient (Wildman–Crippen LogP) is 2.65. The van der Waals surface area contributed by atoms with Crippen LogP contribution in [0.3, 0.4) is 0 Å². The van der Waals surface area contributed by atoms with E-state index in [9.17, 15) is 8.42 Å². The minimum Gasteiger partial charge on any atom is -0.313 e. The number of piperidine rings is 1. The molecule has 0 aromatic rings. The lowest BCUT2D eigenvalue weighted by atomic mass is 9.79. The summed E-state index contributed by atoms with van der Waals surface area (Å²) in [6.07, 6.45) is 9.28. The van der Waals surface area contributed by atoms with E-state index in [1.165, 1.54) is 32.1 Å². The highest BCUT2D eigenvalue weighted by atomic mass is 32.2. The van der Waals surface area contributed by atoms with Crippen LogP contribution >= 0.6 is 0 Å². The average Bonchev–Trinajstić information content (AvgIpc) is 2.86. The van der Waals surface area contributed by atoms with Gasteiger partial charge in [0.25, 0.3) is 0 Å². The number of hydrogen-bond acceptors (Lipinski definition) is 3. The molecule has 0 aromatic carbocycles. The zero-order valence-corrected chi connectivity index (χ0v) is 14.5. The fourth-order valence-electron chi connectivity index (χ4n) is 4.10. The van der Waals surface area contributed by atoms with Gasteiger partial charge in [0.2, 0.25) is 10.0 Å². The Balaban J connectivity index is 1.86. The largest absolute Gasteiger partial charge is 0.313 e. The lowest BCUT2D eigenvalue weighted by Gasteiger charge is -2.31. The van der Waals surface area contributed by atoms with Crippen LogP contribution in [-0.2, 0) is 10.0 Å². The van der Waals surface area contributed by atoms with Crippen molar-refractivity contribution in [2.75, 3.05) is 18.8 Å². The van der Waals surface area contributed by atoms with Crippen LogP contribution in [0.1, 0.15) is 65.2 Å². The molecular weight excluding hydrogens is 284 g/mol. The van der Waals surface area contributed by atoms with E-state index in [0.29, 0.717) is 12.5 Å². The fraction of sp³-hybridized carbons (Fsp3) is 1.00. The first-order valence-corrected chi connectivity index (χ1v) is 10.3. The molecule has 1 saturated heterocycles. The second kappa shape index (κ2) is 7.42. The molecule has 1 atom stereocenters. The zero-order valence-electron chi connectivity index (χ0n) is 13.7. The van der Waals surface area contributed by atoms with Crippen LogP contribution in [0.25, 0.3) is 0 Å². The van der Waals surface area contributed by atoms with Crippen LogP contribution < -0.4 is 10.0 Å². The molecule has 2 fully saturated rings. The Morgan fingerprint density at radius 2 is 1.90 bits per heavy atom. The van der Waals surface area contributed by atoms with E-state index in [0.717, 1.165) is 25.8 Å². The number of nitrogens with one attached hydrogen (secondary N) is 2. The molecule has 0 amide bonds. The number of sulfonamides is 1. The maximum absolute atomic E-state index is 12.3. The van der Waals surface area contributed by atoms with E-state index in [2.05, 4.69) is 23.9 Å². The average molecular weight is 317 g/mol. The smallest absolute Gasteiger partial charge is 0.213 e. The quantitative estimate of drug-likeness (QED) is 0.759. The number of rotatable bonds is 7. The van der Waals surface area contributed by atoms with Crippen LogP contribution in [0.4, 0.5) is 0 Å². The Morgan fingerprint density at radius 3 is 2.48 bits per heavy atom. The topological polar surface area (TPSA) is 58.2 Å². The van der Waals surface area contributed by atoms with Gasteiger partial charge in [0, 0.05) is 12.6 Å². The van der Waals surface area contributed by atoms with Crippen LogP contribution in [0.5, 0.6) is 0 Å². The summed E-state index contributed by atoms with van der Waals surface area (Å²) in [4.78, 5) is 0. The van der Waals surface area contributed by atoms with Crippen molar-refractivity contribution in [3.05, 3.63) is 0 Å². The Morgan fingerprint density at radius 1 is 1.19 bits per heavy atom. The van der Waals surface area contributed by atoms with Crippen molar-refractivity contribution < 1.29 is 8.42 Å². The van der Waals surface area contributed by atoms with Gasteiger partial charge in [-0.05, 0) is 50.0 Å². The number of hydrogen-bond donors (Lipinski definition) is 2. The third-order valence-corrected chi connectivity index (χ3v) is 6.43. The maximum atomic E-state index is 12.3. The Kier molecular flexibility index (Phi) is 6.09. The third-order valence-electron chi connectivity index (χ3n) is 5.01. The molecule has 0 radical (unpaired) electrons. The van der Waals surface area contributed by atoms with Crippen molar-refractivity contribution in [1.29, 1.82) is 0 Å². The van der Waals surface area contributed by atoms with Crippen molar-refractivity contribution in [2.45, 2.75) is 71.3 Å². The monoisotopic (exact) mass is 316 g/mol. The first kappa shape index (κ1) is 17.2. The molecule has 0 bridgehead atoms. The molecule has 124 valence electrons. The van der Waals surface area contributed by atoms with Crippen molar-refractivity contribution >= 4 is 10.0 Å². The standard InChI is InChI=1S/C16H32N2O2S/c1-14(2)11-16(8-4-5-9-16)13-18-21(19,20)12-15-7-3-6-10-17-15/h14-15,17-18H,3-13H2,1-2H3. The highest BCUT2D eigenvalue weighted by Gasteiger charge is 2.35. The molecule has 2 N–H and O–H groups in total. The summed E-state index contributed by atoms with van der Waals surface area (Å²) in [7, 11) is -3.16. The Bertz CT molecular complexity index is 408. The molecule has 1 aliphatic heterocycles. The molecule has 21 heavy (non-hydrogen) atoms.